The van der Waals surface area contributed by atoms with E-state index in [0.717, 1.165) is 40.6 Å². The Balaban J connectivity index is 1.66. The van der Waals surface area contributed by atoms with Crippen molar-refractivity contribution in [2.75, 3.05) is 4.90 Å². The van der Waals surface area contributed by atoms with Gasteiger partial charge in [0.15, 0.2) is 0 Å². The van der Waals surface area contributed by atoms with E-state index in [-0.39, 0.29) is 0 Å². The second-order valence-corrected chi connectivity index (χ2v) is 6.85. The van der Waals surface area contributed by atoms with Crippen LogP contribution in [0.4, 0.5) is 10.2 Å². The minimum absolute atomic E-state index is 0.310. The van der Waals surface area contributed by atoms with Crippen LogP contribution in [0.25, 0.3) is 21.9 Å². The maximum Gasteiger partial charge on any atom is 0.143 e. The van der Waals surface area contributed by atoms with E-state index in [2.05, 4.69) is 26.6 Å². The molecule has 4 nitrogen and oxygen atoms in total. The zero-order chi connectivity index (χ0) is 15.6. The predicted octanol–water partition coefficient (Wildman–Crippen LogP) is 3.59. The number of halogens is 1. The molecular weight excluding hydrogens is 291 g/mol. The second kappa shape index (κ2) is 4.66. The van der Waals surface area contributed by atoms with Crippen LogP contribution in [0, 0.1) is 0 Å². The molecule has 2 fully saturated rings. The number of hydrogen-bond donors (Lipinski definition) is 0. The minimum atomic E-state index is -0.642. The Morgan fingerprint density at radius 2 is 1.87 bits per heavy atom. The summed E-state index contributed by atoms with van der Waals surface area (Å²) in [4.78, 5) is 11.5. The van der Waals surface area contributed by atoms with Crippen LogP contribution in [0.2, 0.25) is 0 Å². The molecule has 3 aromatic heterocycles. The van der Waals surface area contributed by atoms with E-state index in [1.54, 1.807) is 0 Å². The maximum atomic E-state index is 13.8. The monoisotopic (exact) mass is 310 g/mol. The molecule has 5 rings (SSSR count). The topological polar surface area (TPSA) is 34.0 Å². The molecule has 0 unspecified atom stereocenters. The van der Waals surface area contributed by atoms with Gasteiger partial charge in [-0.05, 0) is 43.9 Å². The van der Waals surface area contributed by atoms with Gasteiger partial charge >= 0.3 is 0 Å². The Kier molecular flexibility index (Phi) is 2.69. The summed E-state index contributed by atoms with van der Waals surface area (Å²) >= 11 is 0. The van der Waals surface area contributed by atoms with E-state index in [1.165, 1.54) is 0 Å². The highest BCUT2D eigenvalue weighted by Gasteiger charge is 2.41. The predicted molar refractivity (Wildman–Crippen MR) is 89.4 cm³/mol. The van der Waals surface area contributed by atoms with Crippen molar-refractivity contribution in [2.24, 2.45) is 7.05 Å². The number of aryl methyl sites for hydroxylation is 1. The number of alkyl halides is 1. The third-order valence-corrected chi connectivity index (χ3v) is 5.57. The van der Waals surface area contributed by atoms with Crippen LogP contribution >= 0.6 is 0 Å². The van der Waals surface area contributed by atoms with Crippen molar-refractivity contribution >= 4 is 27.8 Å². The molecule has 3 aromatic rings. The standard InChI is InChI=1S/C18H19FN4/c1-22-16-6-7-20-10-15(16)14-4-5-17(21-18(14)22)23-12-2-3-13(23)9-11(19)8-12/h4-7,10-13H,2-3,8-9H2,1H3/t11-,12-,13+. The summed E-state index contributed by atoms with van der Waals surface area (Å²) in [6.07, 6.45) is 6.54. The van der Waals surface area contributed by atoms with Crippen LogP contribution in [-0.2, 0) is 7.05 Å². The van der Waals surface area contributed by atoms with Gasteiger partial charge < -0.3 is 9.47 Å². The van der Waals surface area contributed by atoms with E-state index in [0.29, 0.717) is 24.9 Å². The molecule has 2 aliphatic rings. The van der Waals surface area contributed by atoms with Crippen molar-refractivity contribution in [3.63, 3.8) is 0 Å². The van der Waals surface area contributed by atoms with Crippen LogP contribution in [0.15, 0.2) is 30.6 Å². The number of anilines is 1. The molecule has 0 aliphatic carbocycles. The number of aromatic nitrogens is 3. The molecule has 3 atom stereocenters. The number of fused-ring (bicyclic) bond motifs is 5. The number of nitrogens with zero attached hydrogens (tertiary/aromatic N) is 4. The van der Waals surface area contributed by atoms with Crippen LogP contribution in [0.1, 0.15) is 25.7 Å². The zero-order valence-electron chi connectivity index (χ0n) is 13.1. The lowest BCUT2D eigenvalue weighted by atomic mass is 10.0. The van der Waals surface area contributed by atoms with Gasteiger partial charge in [-0.15, -0.1) is 0 Å². The zero-order valence-corrected chi connectivity index (χ0v) is 13.1. The normalized spacial score (nSPS) is 27.2. The van der Waals surface area contributed by atoms with Crippen LogP contribution in [0.5, 0.6) is 0 Å². The van der Waals surface area contributed by atoms with Crippen molar-refractivity contribution in [1.82, 2.24) is 14.5 Å². The van der Waals surface area contributed by atoms with Crippen LogP contribution < -0.4 is 4.90 Å². The highest BCUT2D eigenvalue weighted by molar-refractivity contribution is 6.06. The first-order chi connectivity index (χ1) is 11.2. The number of rotatable bonds is 1. The van der Waals surface area contributed by atoms with Gasteiger partial charge in [0, 0.05) is 42.3 Å². The molecule has 2 saturated heterocycles. The molecule has 0 saturated carbocycles. The fourth-order valence-corrected chi connectivity index (χ4v) is 4.53. The first kappa shape index (κ1) is 13.3. The van der Waals surface area contributed by atoms with E-state index >= 15 is 0 Å². The van der Waals surface area contributed by atoms with Crippen molar-refractivity contribution in [3.8, 4) is 0 Å². The van der Waals surface area contributed by atoms with Crippen molar-refractivity contribution in [1.29, 1.82) is 0 Å². The van der Waals surface area contributed by atoms with Gasteiger partial charge in [0.2, 0.25) is 0 Å². The molecule has 0 spiro atoms. The van der Waals surface area contributed by atoms with Gasteiger partial charge in [0.25, 0.3) is 0 Å². The molecule has 5 heteroatoms. The first-order valence-electron chi connectivity index (χ1n) is 8.34. The van der Waals surface area contributed by atoms with E-state index in [1.807, 2.05) is 25.5 Å². The van der Waals surface area contributed by atoms with Crippen LogP contribution in [-0.4, -0.2) is 32.8 Å². The van der Waals surface area contributed by atoms with E-state index in [4.69, 9.17) is 4.98 Å². The summed E-state index contributed by atoms with van der Waals surface area (Å²) in [6, 6.07) is 6.88. The lowest BCUT2D eigenvalue weighted by molar-refractivity contribution is 0.242. The summed E-state index contributed by atoms with van der Waals surface area (Å²) in [5, 5.41) is 2.27. The quantitative estimate of drug-likeness (QED) is 0.689. The summed E-state index contributed by atoms with van der Waals surface area (Å²) < 4.78 is 15.9. The number of piperidine rings is 1. The molecule has 2 aliphatic heterocycles. The molecule has 23 heavy (non-hydrogen) atoms. The summed E-state index contributed by atoms with van der Waals surface area (Å²) in [5.74, 6) is 0.996. The molecular formula is C18H19FN4. The smallest absolute Gasteiger partial charge is 0.143 e. The van der Waals surface area contributed by atoms with Crippen LogP contribution in [0.3, 0.4) is 0 Å². The van der Waals surface area contributed by atoms with Crippen molar-refractivity contribution in [3.05, 3.63) is 30.6 Å². The van der Waals surface area contributed by atoms with Gasteiger partial charge in [-0.25, -0.2) is 9.37 Å². The fraction of sp³-hybridized carbons (Fsp3) is 0.444. The van der Waals surface area contributed by atoms with Gasteiger partial charge in [0.1, 0.15) is 17.6 Å². The highest BCUT2D eigenvalue weighted by Crippen LogP contribution is 2.40. The van der Waals surface area contributed by atoms with Gasteiger partial charge in [-0.2, -0.15) is 0 Å². The van der Waals surface area contributed by atoms with E-state index in [9.17, 15) is 4.39 Å². The van der Waals surface area contributed by atoms with Gasteiger partial charge in [-0.1, -0.05) is 0 Å². The van der Waals surface area contributed by atoms with Gasteiger partial charge in [-0.3, -0.25) is 4.98 Å². The third-order valence-electron chi connectivity index (χ3n) is 5.57. The van der Waals surface area contributed by atoms with Crippen molar-refractivity contribution < 1.29 is 4.39 Å². The molecule has 0 radical (unpaired) electrons. The Morgan fingerprint density at radius 1 is 1.09 bits per heavy atom. The lowest BCUT2D eigenvalue weighted by Gasteiger charge is -2.37. The maximum absolute atomic E-state index is 13.8. The minimum Gasteiger partial charge on any atom is -0.350 e. The Morgan fingerprint density at radius 3 is 2.65 bits per heavy atom. The van der Waals surface area contributed by atoms with Gasteiger partial charge in [0.05, 0.1) is 5.52 Å². The first-order valence-corrected chi connectivity index (χ1v) is 8.34. The lowest BCUT2D eigenvalue weighted by Crippen LogP contribution is -2.44. The summed E-state index contributed by atoms with van der Waals surface area (Å²) in [6.45, 7) is 0. The average molecular weight is 310 g/mol. The fourth-order valence-electron chi connectivity index (χ4n) is 4.53. The van der Waals surface area contributed by atoms with E-state index < -0.39 is 6.17 Å². The Labute approximate surface area is 133 Å². The molecule has 118 valence electrons. The molecule has 0 aromatic carbocycles. The number of pyridine rings is 2. The molecule has 0 N–H and O–H groups in total. The second-order valence-electron chi connectivity index (χ2n) is 6.85. The summed E-state index contributed by atoms with van der Waals surface area (Å²) in [7, 11) is 2.05. The highest BCUT2D eigenvalue weighted by atomic mass is 19.1. The Hall–Kier alpha value is -2.17. The average Bonchev–Trinajstić information content (AvgIpc) is 3.00. The third kappa shape index (κ3) is 1.82. The summed E-state index contributed by atoms with van der Waals surface area (Å²) in [5.41, 5.74) is 2.12. The Bertz CT molecular complexity index is 889. The molecule has 0 amide bonds. The number of hydrogen-bond acceptors (Lipinski definition) is 3. The van der Waals surface area contributed by atoms with Crippen molar-refractivity contribution in [2.45, 2.75) is 43.9 Å². The largest absolute Gasteiger partial charge is 0.350 e. The molecule has 5 heterocycles. The SMILES string of the molecule is Cn1c2ccncc2c2ccc(N3[C@@H]4CC[C@H]3C[C@H](F)C4)nc21. The molecule has 2 bridgehead atoms.